The Morgan fingerprint density at radius 3 is 0.708 bits per heavy atom. The van der Waals surface area contributed by atoms with Gasteiger partial charge in [0.2, 0.25) is 0 Å². The number of hydrogen-bond donors (Lipinski definition) is 0. The summed E-state index contributed by atoms with van der Waals surface area (Å²) in [4.78, 5) is 33.2. The van der Waals surface area contributed by atoms with Gasteiger partial charge in [0.05, 0.1) is 68.4 Å². The predicted octanol–water partition coefficient (Wildman–Crippen LogP) is 19.5. The van der Waals surface area contributed by atoms with Gasteiger partial charge in [0.1, 0.15) is 0 Å². The monoisotopic (exact) mass is 961 g/mol. The summed E-state index contributed by atoms with van der Waals surface area (Å²) in [5, 5.41) is 0. The summed E-state index contributed by atoms with van der Waals surface area (Å²) in [5.41, 5.74) is 20.9. The van der Waals surface area contributed by atoms with Crippen LogP contribution in [-0.2, 0) is 0 Å². The van der Waals surface area contributed by atoms with Gasteiger partial charge in [-0.1, -0.05) is 196 Å². The zero-order valence-corrected chi connectivity index (χ0v) is 47.1. The van der Waals surface area contributed by atoms with Crippen molar-refractivity contribution < 1.29 is 0 Å². The van der Waals surface area contributed by atoms with E-state index in [4.69, 9.17) is 29.9 Å². The van der Waals surface area contributed by atoms with Crippen molar-refractivity contribution in [2.75, 3.05) is 0 Å². The van der Waals surface area contributed by atoms with Crippen LogP contribution in [0.15, 0.2) is 129 Å². The molecular formula is C66H84N6. The number of hydrogen-bond acceptors (Lipinski definition) is 6. The molecule has 0 aliphatic rings. The Kier molecular flexibility index (Phi) is 18.8. The van der Waals surface area contributed by atoms with Crippen molar-refractivity contribution in [3.05, 3.63) is 176 Å². The standard InChI is InChI=1S/C66H84N6/c1-39(2)49-25-19-26-50(40(3)4)63(49)67-47(17)57-33-23-35-59(69-57)61(71-65-53(43(9)10)29-21-30-54(65)44(11)12)37-38-62(72-66-55(45(13)14)31-22-32-56(66)46(15)16)60-36-24-34-58(70-60)48(18)68-64-51(41(5)6)27-20-28-52(64)42(7)8/h19-36,39-46H,37-38H2,1-18H3. The Labute approximate surface area is 434 Å². The van der Waals surface area contributed by atoms with Gasteiger partial charge >= 0.3 is 0 Å². The molecule has 0 radical (unpaired) electrons. The van der Waals surface area contributed by atoms with Crippen LogP contribution in [0.2, 0.25) is 0 Å². The molecule has 0 saturated heterocycles. The van der Waals surface area contributed by atoms with E-state index in [1.54, 1.807) is 0 Å². The third-order valence-corrected chi connectivity index (χ3v) is 13.9. The first-order valence-electron chi connectivity index (χ1n) is 26.9. The first kappa shape index (κ1) is 55.2. The smallest absolute Gasteiger partial charge is 0.0852 e. The quantitative estimate of drug-likeness (QED) is 0.0759. The molecular weight excluding hydrogens is 877 g/mol. The second-order valence-electron chi connectivity index (χ2n) is 22.2. The van der Waals surface area contributed by atoms with E-state index in [1.807, 2.05) is 0 Å². The number of benzene rings is 4. The van der Waals surface area contributed by atoms with E-state index in [2.05, 4.69) is 234 Å². The Hall–Kier alpha value is -6.14. The van der Waals surface area contributed by atoms with E-state index in [9.17, 15) is 0 Å². The number of nitrogens with zero attached hydrogens (tertiary/aromatic N) is 6. The van der Waals surface area contributed by atoms with Crippen molar-refractivity contribution >= 4 is 45.6 Å². The molecule has 6 aromatic rings. The van der Waals surface area contributed by atoms with E-state index < -0.39 is 0 Å². The van der Waals surface area contributed by atoms with Crippen LogP contribution in [0, 0.1) is 0 Å². The molecule has 0 atom stereocenters. The number of para-hydroxylation sites is 4. The fourth-order valence-corrected chi connectivity index (χ4v) is 9.60. The largest absolute Gasteiger partial charge is 0.251 e. The van der Waals surface area contributed by atoms with Gasteiger partial charge in [-0.3, -0.25) is 20.0 Å². The first-order valence-corrected chi connectivity index (χ1v) is 26.9. The topological polar surface area (TPSA) is 75.2 Å². The van der Waals surface area contributed by atoms with Crippen LogP contribution in [0.4, 0.5) is 22.7 Å². The average Bonchev–Trinajstić information content (AvgIpc) is 3.34. The van der Waals surface area contributed by atoms with Crippen molar-refractivity contribution in [3.63, 3.8) is 0 Å². The molecule has 4 aromatic carbocycles. The van der Waals surface area contributed by atoms with Crippen LogP contribution in [0.3, 0.4) is 0 Å². The van der Waals surface area contributed by atoms with E-state index in [-0.39, 0.29) is 23.7 Å². The zero-order chi connectivity index (χ0) is 52.6. The number of pyridine rings is 2. The molecule has 0 aliphatic heterocycles. The van der Waals surface area contributed by atoms with Crippen molar-refractivity contribution in [2.45, 2.75) is 185 Å². The van der Waals surface area contributed by atoms with Gasteiger partial charge in [-0.15, -0.1) is 0 Å². The Bertz CT molecular complexity index is 2650. The molecule has 6 rings (SSSR count). The Morgan fingerprint density at radius 2 is 0.486 bits per heavy atom. The Balaban J connectivity index is 1.58. The van der Waals surface area contributed by atoms with Crippen LogP contribution in [0.5, 0.6) is 0 Å². The summed E-state index contributed by atoms with van der Waals surface area (Å²) in [6, 6.07) is 39.1. The number of rotatable bonds is 19. The molecule has 6 nitrogen and oxygen atoms in total. The molecule has 0 spiro atoms. The highest BCUT2D eigenvalue weighted by atomic mass is 14.9. The summed E-state index contributed by atoms with van der Waals surface area (Å²) in [7, 11) is 0. The van der Waals surface area contributed by atoms with Crippen molar-refractivity contribution in [1.29, 1.82) is 0 Å². The summed E-state index contributed by atoms with van der Waals surface area (Å²) in [6.45, 7) is 40.2. The summed E-state index contributed by atoms with van der Waals surface area (Å²) in [5.74, 6) is 2.40. The van der Waals surface area contributed by atoms with Gasteiger partial charge in [-0.05, 0) is 143 Å². The highest BCUT2D eigenvalue weighted by molar-refractivity contribution is 6.08. The molecule has 0 N–H and O–H groups in total. The minimum atomic E-state index is 0.272. The van der Waals surface area contributed by atoms with Gasteiger partial charge in [0, 0.05) is 0 Å². The lowest BCUT2D eigenvalue weighted by molar-refractivity contribution is 0.833. The summed E-state index contributed by atoms with van der Waals surface area (Å²) >= 11 is 0. The normalized spacial score (nSPS) is 13.2. The molecule has 6 heteroatoms. The number of aromatic nitrogens is 2. The van der Waals surface area contributed by atoms with Crippen LogP contribution >= 0.6 is 0 Å². The molecule has 0 aliphatic carbocycles. The van der Waals surface area contributed by atoms with Crippen LogP contribution < -0.4 is 0 Å². The van der Waals surface area contributed by atoms with E-state index in [0.717, 1.165) is 68.4 Å². The molecule has 2 heterocycles. The molecule has 0 amide bonds. The van der Waals surface area contributed by atoms with E-state index >= 15 is 0 Å². The fraction of sp³-hybridized carbons (Fsp3) is 0.424. The third kappa shape index (κ3) is 13.1. The van der Waals surface area contributed by atoms with Crippen molar-refractivity contribution in [3.8, 4) is 0 Å². The molecule has 0 fully saturated rings. The summed E-state index contributed by atoms with van der Waals surface area (Å²) < 4.78 is 0. The van der Waals surface area contributed by atoms with Crippen LogP contribution in [-0.4, -0.2) is 32.8 Å². The van der Waals surface area contributed by atoms with Crippen LogP contribution in [0.25, 0.3) is 0 Å². The average molecular weight is 961 g/mol. The second kappa shape index (κ2) is 24.5. The first-order chi connectivity index (χ1) is 34.2. The Morgan fingerprint density at radius 1 is 0.292 bits per heavy atom. The van der Waals surface area contributed by atoms with E-state index in [0.29, 0.717) is 36.5 Å². The van der Waals surface area contributed by atoms with Crippen molar-refractivity contribution in [2.24, 2.45) is 20.0 Å². The third-order valence-electron chi connectivity index (χ3n) is 13.9. The molecule has 2 aromatic heterocycles. The minimum absolute atomic E-state index is 0.272. The zero-order valence-electron chi connectivity index (χ0n) is 47.1. The highest BCUT2D eigenvalue weighted by Crippen LogP contribution is 2.40. The molecule has 0 unspecified atom stereocenters. The van der Waals surface area contributed by atoms with Gasteiger partial charge in [0.25, 0.3) is 0 Å². The maximum Gasteiger partial charge on any atom is 0.0852 e. The maximum atomic E-state index is 5.75. The fourth-order valence-electron chi connectivity index (χ4n) is 9.60. The predicted molar refractivity (Wildman–Crippen MR) is 312 cm³/mol. The highest BCUT2D eigenvalue weighted by Gasteiger charge is 2.22. The SMILES string of the molecule is CC(=Nc1c(C(C)C)cccc1C(C)C)c1cccc(C(CCC(=Nc2c(C(C)C)cccc2C(C)C)c2cccc(C(C)=Nc3c(C(C)C)cccc3C(C)C)n2)=Nc2c(C(C)C)cccc2C(C)C)n1. The number of aliphatic imine (C=N–C) groups is 4. The minimum Gasteiger partial charge on any atom is -0.251 e. The molecule has 0 bridgehead atoms. The van der Waals surface area contributed by atoms with E-state index in [1.165, 1.54) is 44.5 Å². The lowest BCUT2D eigenvalue weighted by Crippen LogP contribution is -2.13. The van der Waals surface area contributed by atoms with Gasteiger partial charge < -0.3 is 0 Å². The molecule has 378 valence electrons. The summed E-state index contributed by atoms with van der Waals surface area (Å²) in [6.07, 6.45) is 1.14. The van der Waals surface area contributed by atoms with Crippen LogP contribution in [0.1, 0.15) is 252 Å². The van der Waals surface area contributed by atoms with Gasteiger partial charge in [0.15, 0.2) is 0 Å². The lowest BCUT2D eigenvalue weighted by atomic mass is 9.92. The lowest BCUT2D eigenvalue weighted by Gasteiger charge is -2.19. The molecule has 0 saturated carbocycles. The second-order valence-corrected chi connectivity index (χ2v) is 22.2. The van der Waals surface area contributed by atoms with Gasteiger partial charge in [-0.25, -0.2) is 9.97 Å². The molecule has 72 heavy (non-hydrogen) atoms. The maximum absolute atomic E-state index is 5.75. The van der Waals surface area contributed by atoms with Crippen molar-refractivity contribution in [1.82, 2.24) is 9.97 Å². The van der Waals surface area contributed by atoms with Gasteiger partial charge in [-0.2, -0.15) is 0 Å².